The van der Waals surface area contributed by atoms with E-state index in [1.165, 1.54) is 31.2 Å². The quantitative estimate of drug-likeness (QED) is 0.388. The van der Waals surface area contributed by atoms with Crippen molar-refractivity contribution in [3.63, 3.8) is 0 Å². The molecule has 0 spiro atoms. The SMILES string of the molecule is C=CCc1ccccc1OCC(CBr)(CCC)CCC. The lowest BCUT2D eigenvalue weighted by Gasteiger charge is -2.31. The standard InChI is InChI=1S/C18H27BrO/c1-4-9-16-10-7-8-11-17(16)20-15-18(14-19,12-5-2)13-6-3/h4,7-8,10-11H,1,5-6,9,12-15H2,2-3H3. The van der Waals surface area contributed by atoms with E-state index >= 15 is 0 Å². The Morgan fingerprint density at radius 1 is 1.20 bits per heavy atom. The van der Waals surface area contributed by atoms with Crippen LogP contribution in [0, 0.1) is 5.41 Å². The van der Waals surface area contributed by atoms with Crippen molar-refractivity contribution in [1.82, 2.24) is 0 Å². The van der Waals surface area contributed by atoms with Crippen molar-refractivity contribution in [1.29, 1.82) is 0 Å². The lowest BCUT2D eigenvalue weighted by molar-refractivity contribution is 0.143. The fourth-order valence-electron chi connectivity index (χ4n) is 2.70. The molecule has 112 valence electrons. The minimum absolute atomic E-state index is 0.255. The van der Waals surface area contributed by atoms with Gasteiger partial charge in [-0.15, -0.1) is 6.58 Å². The summed E-state index contributed by atoms with van der Waals surface area (Å²) in [5.74, 6) is 1.00. The van der Waals surface area contributed by atoms with Crippen molar-refractivity contribution in [2.24, 2.45) is 5.41 Å². The highest BCUT2D eigenvalue weighted by Gasteiger charge is 2.28. The molecule has 0 unspecified atom stereocenters. The van der Waals surface area contributed by atoms with Crippen LogP contribution in [-0.2, 0) is 6.42 Å². The molecule has 1 nitrogen and oxygen atoms in total. The predicted molar refractivity (Wildman–Crippen MR) is 91.9 cm³/mol. The summed E-state index contributed by atoms with van der Waals surface area (Å²) in [5, 5.41) is 1.01. The zero-order chi connectivity index (χ0) is 14.8. The molecule has 0 radical (unpaired) electrons. The van der Waals surface area contributed by atoms with Gasteiger partial charge < -0.3 is 4.74 Å². The van der Waals surface area contributed by atoms with Gasteiger partial charge in [0.15, 0.2) is 0 Å². The lowest BCUT2D eigenvalue weighted by Crippen LogP contribution is -2.30. The highest BCUT2D eigenvalue weighted by atomic mass is 79.9. The van der Waals surface area contributed by atoms with E-state index in [1.54, 1.807) is 0 Å². The van der Waals surface area contributed by atoms with E-state index in [0.717, 1.165) is 24.1 Å². The van der Waals surface area contributed by atoms with Crippen LogP contribution in [0.25, 0.3) is 0 Å². The van der Waals surface area contributed by atoms with Gasteiger partial charge in [0.05, 0.1) is 6.61 Å². The van der Waals surface area contributed by atoms with Crippen LogP contribution >= 0.6 is 15.9 Å². The van der Waals surface area contributed by atoms with Crippen LogP contribution in [0.3, 0.4) is 0 Å². The van der Waals surface area contributed by atoms with Gasteiger partial charge >= 0.3 is 0 Å². The van der Waals surface area contributed by atoms with Crippen molar-refractivity contribution < 1.29 is 4.74 Å². The fourth-order valence-corrected chi connectivity index (χ4v) is 3.42. The molecule has 0 heterocycles. The van der Waals surface area contributed by atoms with Crippen LogP contribution in [-0.4, -0.2) is 11.9 Å². The van der Waals surface area contributed by atoms with Gasteiger partial charge in [-0.1, -0.05) is 66.9 Å². The summed E-state index contributed by atoms with van der Waals surface area (Å²) in [6.07, 6.45) is 7.59. The second-order valence-corrected chi connectivity index (χ2v) is 6.08. The van der Waals surface area contributed by atoms with Crippen LogP contribution in [0.1, 0.15) is 45.1 Å². The number of rotatable bonds is 10. The Morgan fingerprint density at radius 3 is 2.40 bits per heavy atom. The largest absolute Gasteiger partial charge is 0.493 e. The molecule has 0 bridgehead atoms. The molecule has 0 amide bonds. The van der Waals surface area contributed by atoms with Crippen LogP contribution in [0.5, 0.6) is 5.75 Å². The third-order valence-corrected chi connectivity index (χ3v) is 4.90. The molecule has 20 heavy (non-hydrogen) atoms. The summed E-state index contributed by atoms with van der Waals surface area (Å²) in [5.41, 5.74) is 1.48. The Kier molecular flexibility index (Phi) is 7.98. The monoisotopic (exact) mass is 338 g/mol. The van der Waals surface area contributed by atoms with Gasteiger partial charge in [0.1, 0.15) is 5.75 Å². The van der Waals surface area contributed by atoms with Crippen LogP contribution < -0.4 is 4.74 Å². The number of alkyl halides is 1. The number of allylic oxidation sites excluding steroid dienone is 1. The van der Waals surface area contributed by atoms with E-state index in [4.69, 9.17) is 4.74 Å². The molecule has 0 fully saturated rings. The van der Waals surface area contributed by atoms with E-state index in [2.05, 4.69) is 54.6 Å². The summed E-state index contributed by atoms with van der Waals surface area (Å²) in [6.45, 7) is 9.10. The van der Waals surface area contributed by atoms with E-state index in [1.807, 2.05) is 12.1 Å². The smallest absolute Gasteiger partial charge is 0.122 e. The topological polar surface area (TPSA) is 9.23 Å². The zero-order valence-electron chi connectivity index (χ0n) is 12.8. The second-order valence-electron chi connectivity index (χ2n) is 5.52. The molecule has 0 aromatic heterocycles. The maximum absolute atomic E-state index is 6.17. The Bertz CT molecular complexity index is 394. The third-order valence-electron chi connectivity index (χ3n) is 3.71. The average Bonchev–Trinajstić information content (AvgIpc) is 2.47. The van der Waals surface area contributed by atoms with E-state index < -0.39 is 0 Å². The molecule has 1 rings (SSSR count). The van der Waals surface area contributed by atoms with E-state index in [-0.39, 0.29) is 5.41 Å². The summed E-state index contributed by atoms with van der Waals surface area (Å²) in [4.78, 5) is 0. The van der Waals surface area contributed by atoms with Gasteiger partial charge in [0.25, 0.3) is 0 Å². The highest BCUT2D eigenvalue weighted by Crippen LogP contribution is 2.33. The van der Waals surface area contributed by atoms with Crippen LogP contribution in [0.4, 0.5) is 0 Å². The minimum Gasteiger partial charge on any atom is -0.493 e. The van der Waals surface area contributed by atoms with Crippen molar-refractivity contribution in [3.8, 4) is 5.75 Å². The first-order valence-corrected chi connectivity index (χ1v) is 8.71. The Hall–Kier alpha value is -0.760. The first-order chi connectivity index (χ1) is 9.71. The maximum atomic E-state index is 6.17. The van der Waals surface area contributed by atoms with Gasteiger partial charge in [0.2, 0.25) is 0 Å². The van der Waals surface area contributed by atoms with Crippen LogP contribution in [0.2, 0.25) is 0 Å². The first-order valence-electron chi connectivity index (χ1n) is 7.59. The summed E-state index contributed by atoms with van der Waals surface area (Å²) in [7, 11) is 0. The molecule has 0 saturated heterocycles. The van der Waals surface area contributed by atoms with Crippen molar-refractivity contribution >= 4 is 15.9 Å². The summed E-state index contributed by atoms with van der Waals surface area (Å²) in [6, 6.07) is 8.28. The minimum atomic E-state index is 0.255. The lowest BCUT2D eigenvalue weighted by atomic mass is 9.82. The van der Waals surface area contributed by atoms with Gasteiger partial charge in [-0.3, -0.25) is 0 Å². The second kappa shape index (κ2) is 9.23. The number of hydrogen-bond acceptors (Lipinski definition) is 1. The Labute approximate surface area is 132 Å². The van der Waals surface area contributed by atoms with Gasteiger partial charge in [-0.25, -0.2) is 0 Å². The fraction of sp³-hybridized carbons (Fsp3) is 0.556. The molecule has 0 aliphatic carbocycles. The number of halogens is 1. The molecular weight excluding hydrogens is 312 g/mol. The first kappa shape index (κ1) is 17.3. The molecule has 0 aliphatic rings. The molecule has 0 aliphatic heterocycles. The molecular formula is C18H27BrO. The number of para-hydroxylation sites is 1. The molecule has 0 atom stereocenters. The van der Waals surface area contributed by atoms with Crippen LogP contribution in [0.15, 0.2) is 36.9 Å². The van der Waals surface area contributed by atoms with E-state index in [9.17, 15) is 0 Å². The number of hydrogen-bond donors (Lipinski definition) is 0. The average molecular weight is 339 g/mol. The zero-order valence-corrected chi connectivity index (χ0v) is 14.4. The molecule has 1 aromatic carbocycles. The highest BCUT2D eigenvalue weighted by molar-refractivity contribution is 9.09. The summed E-state index contributed by atoms with van der Waals surface area (Å²) < 4.78 is 6.17. The Morgan fingerprint density at radius 2 is 1.85 bits per heavy atom. The Balaban J connectivity index is 2.78. The van der Waals surface area contributed by atoms with Gasteiger partial charge in [-0.05, 0) is 30.9 Å². The number of benzene rings is 1. The van der Waals surface area contributed by atoms with Crippen molar-refractivity contribution in [2.45, 2.75) is 46.0 Å². The normalized spacial score (nSPS) is 11.3. The van der Waals surface area contributed by atoms with Gasteiger partial charge in [-0.2, -0.15) is 0 Å². The molecule has 2 heteroatoms. The molecule has 0 N–H and O–H groups in total. The van der Waals surface area contributed by atoms with Gasteiger partial charge in [0, 0.05) is 10.7 Å². The van der Waals surface area contributed by atoms with E-state index in [0.29, 0.717) is 0 Å². The predicted octanol–water partition coefficient (Wildman–Crippen LogP) is 5.78. The molecule has 0 saturated carbocycles. The molecule has 1 aromatic rings. The maximum Gasteiger partial charge on any atom is 0.122 e. The van der Waals surface area contributed by atoms with Crippen molar-refractivity contribution in [3.05, 3.63) is 42.5 Å². The third kappa shape index (κ3) is 4.97. The number of ether oxygens (including phenoxy) is 1. The van der Waals surface area contributed by atoms with Crippen molar-refractivity contribution in [2.75, 3.05) is 11.9 Å². The summed E-state index contributed by atoms with van der Waals surface area (Å²) >= 11 is 3.70.